The third-order valence-corrected chi connectivity index (χ3v) is 4.22. The van der Waals surface area contributed by atoms with E-state index in [2.05, 4.69) is 15.6 Å². The first-order chi connectivity index (χ1) is 9.54. The smallest absolute Gasteiger partial charge is 0.315 e. The molecule has 110 valence electrons. The lowest BCUT2D eigenvalue weighted by molar-refractivity contribution is -0.137. The largest absolute Gasteiger partial charge is 0.481 e. The summed E-state index contributed by atoms with van der Waals surface area (Å²) in [6.45, 7) is 2.44. The van der Waals surface area contributed by atoms with E-state index in [1.807, 2.05) is 12.3 Å². The molecule has 2 rings (SSSR count). The Balaban J connectivity index is 1.69. The van der Waals surface area contributed by atoms with Crippen molar-refractivity contribution in [1.82, 2.24) is 15.6 Å². The number of nitrogens with one attached hydrogen (secondary N) is 2. The number of nitrogens with zero attached hydrogens (tertiary/aromatic N) is 1. The van der Waals surface area contributed by atoms with Crippen LogP contribution in [0.3, 0.4) is 0 Å². The molecule has 7 heteroatoms. The number of carboxylic acids is 1. The van der Waals surface area contributed by atoms with Gasteiger partial charge < -0.3 is 15.7 Å². The highest BCUT2D eigenvalue weighted by molar-refractivity contribution is 7.09. The number of urea groups is 1. The quantitative estimate of drug-likeness (QED) is 0.712. The van der Waals surface area contributed by atoms with Crippen molar-refractivity contribution < 1.29 is 14.7 Å². The van der Waals surface area contributed by atoms with Crippen LogP contribution in [0.4, 0.5) is 4.79 Å². The van der Waals surface area contributed by atoms with E-state index in [1.54, 1.807) is 11.3 Å². The Morgan fingerprint density at radius 1 is 1.55 bits per heavy atom. The lowest BCUT2D eigenvalue weighted by Crippen LogP contribution is -2.44. The third-order valence-electron chi connectivity index (χ3n) is 3.19. The van der Waals surface area contributed by atoms with Gasteiger partial charge in [-0.2, -0.15) is 0 Å². The molecule has 0 bridgehead atoms. The summed E-state index contributed by atoms with van der Waals surface area (Å²) in [5.74, 6) is -0.557. The van der Waals surface area contributed by atoms with Crippen molar-refractivity contribution in [2.75, 3.05) is 6.54 Å². The van der Waals surface area contributed by atoms with Gasteiger partial charge in [0.15, 0.2) is 0 Å². The van der Waals surface area contributed by atoms with Gasteiger partial charge in [0.1, 0.15) is 0 Å². The average Bonchev–Trinajstić information content (AvgIpc) is 3.12. The fraction of sp³-hybridized carbons (Fsp3) is 0.615. The second kappa shape index (κ2) is 6.69. The highest BCUT2D eigenvalue weighted by Gasteiger charge is 2.33. The third kappa shape index (κ3) is 4.80. The van der Waals surface area contributed by atoms with Gasteiger partial charge in [0.2, 0.25) is 0 Å². The van der Waals surface area contributed by atoms with Crippen LogP contribution in [0.5, 0.6) is 0 Å². The summed E-state index contributed by atoms with van der Waals surface area (Å²) in [5.41, 5.74) is 0.990. The van der Waals surface area contributed by atoms with Crippen LogP contribution in [0.1, 0.15) is 30.0 Å². The van der Waals surface area contributed by atoms with Crippen molar-refractivity contribution in [2.45, 2.75) is 38.6 Å². The molecule has 1 aliphatic carbocycles. The molecule has 0 radical (unpaired) electrons. The lowest BCUT2D eigenvalue weighted by Gasteiger charge is -2.16. The summed E-state index contributed by atoms with van der Waals surface area (Å²) < 4.78 is 0. The second-order valence-corrected chi connectivity index (χ2v) is 6.02. The van der Waals surface area contributed by atoms with Crippen LogP contribution in [-0.2, 0) is 11.2 Å². The fourth-order valence-electron chi connectivity index (χ4n) is 2.04. The summed E-state index contributed by atoms with van der Waals surface area (Å²) in [7, 11) is 0. The summed E-state index contributed by atoms with van der Waals surface area (Å²) in [5, 5.41) is 17.3. The Bertz CT molecular complexity index is 485. The van der Waals surface area contributed by atoms with Crippen LogP contribution < -0.4 is 10.6 Å². The number of aryl methyl sites for hydroxylation is 1. The minimum atomic E-state index is -0.875. The van der Waals surface area contributed by atoms with Crippen molar-refractivity contribution in [3.63, 3.8) is 0 Å². The van der Waals surface area contributed by atoms with Gasteiger partial charge in [-0.05, 0) is 25.7 Å². The van der Waals surface area contributed by atoms with Crippen LogP contribution >= 0.6 is 11.3 Å². The Morgan fingerprint density at radius 2 is 2.30 bits per heavy atom. The highest BCUT2D eigenvalue weighted by atomic mass is 32.1. The van der Waals surface area contributed by atoms with Gasteiger partial charge in [-0.25, -0.2) is 9.78 Å². The Hall–Kier alpha value is -1.63. The van der Waals surface area contributed by atoms with E-state index in [0.29, 0.717) is 18.9 Å². The molecule has 1 saturated carbocycles. The number of aromatic nitrogens is 1. The van der Waals surface area contributed by atoms with Gasteiger partial charge in [0, 0.05) is 30.1 Å². The fourth-order valence-corrected chi connectivity index (χ4v) is 2.82. The van der Waals surface area contributed by atoms with Crippen molar-refractivity contribution in [2.24, 2.45) is 5.92 Å². The van der Waals surface area contributed by atoms with E-state index in [-0.39, 0.29) is 18.5 Å². The number of carboxylic acid groups (broad SMARTS) is 1. The number of thiazole rings is 1. The number of hydrogen-bond donors (Lipinski definition) is 3. The summed E-state index contributed by atoms with van der Waals surface area (Å²) >= 11 is 1.58. The molecular formula is C13H19N3O3S. The van der Waals surface area contributed by atoms with Crippen molar-refractivity contribution in [3.05, 3.63) is 16.1 Å². The first-order valence-corrected chi connectivity index (χ1v) is 7.59. The predicted molar refractivity (Wildman–Crippen MR) is 75.9 cm³/mol. The molecule has 3 N–H and O–H groups in total. The van der Waals surface area contributed by atoms with Crippen molar-refractivity contribution >= 4 is 23.3 Å². The summed E-state index contributed by atoms with van der Waals surface area (Å²) in [6, 6.07) is -0.550. The summed E-state index contributed by atoms with van der Waals surface area (Å²) in [4.78, 5) is 26.8. The normalized spacial score (nSPS) is 15.7. The zero-order chi connectivity index (χ0) is 14.5. The van der Waals surface area contributed by atoms with E-state index in [9.17, 15) is 9.59 Å². The molecule has 1 unspecified atom stereocenters. The van der Waals surface area contributed by atoms with Gasteiger partial charge in [-0.1, -0.05) is 0 Å². The van der Waals surface area contributed by atoms with Crippen LogP contribution in [-0.4, -0.2) is 34.7 Å². The lowest BCUT2D eigenvalue weighted by atomic mass is 10.1. The Labute approximate surface area is 121 Å². The molecule has 1 aromatic heterocycles. The number of carbonyl (C=O) groups excluding carboxylic acids is 1. The monoisotopic (exact) mass is 297 g/mol. The SMILES string of the molecule is Cc1csc(CCNC(=O)NC(CC(=O)O)C2CC2)n1. The van der Waals surface area contributed by atoms with E-state index >= 15 is 0 Å². The van der Waals surface area contributed by atoms with Gasteiger partial charge in [-0.15, -0.1) is 11.3 Å². The van der Waals surface area contributed by atoms with Crippen LogP contribution in [0.15, 0.2) is 5.38 Å². The van der Waals surface area contributed by atoms with Crippen LogP contribution in [0, 0.1) is 12.8 Å². The molecule has 6 nitrogen and oxygen atoms in total. The zero-order valence-electron chi connectivity index (χ0n) is 11.4. The van der Waals surface area contributed by atoms with E-state index in [0.717, 1.165) is 23.5 Å². The number of carbonyl (C=O) groups is 2. The highest BCUT2D eigenvalue weighted by Crippen LogP contribution is 2.33. The summed E-state index contributed by atoms with van der Waals surface area (Å²) in [6.07, 6.45) is 2.68. The maximum atomic E-state index is 11.7. The number of amides is 2. The van der Waals surface area contributed by atoms with Crippen molar-refractivity contribution in [3.8, 4) is 0 Å². The number of hydrogen-bond acceptors (Lipinski definition) is 4. The molecule has 1 atom stereocenters. The topological polar surface area (TPSA) is 91.3 Å². The van der Waals surface area contributed by atoms with E-state index < -0.39 is 5.97 Å². The molecular weight excluding hydrogens is 278 g/mol. The average molecular weight is 297 g/mol. The Kier molecular flexibility index (Phi) is 4.94. The maximum absolute atomic E-state index is 11.7. The molecule has 1 aliphatic rings. The number of aliphatic carboxylic acids is 1. The van der Waals surface area contributed by atoms with Crippen LogP contribution in [0.25, 0.3) is 0 Å². The molecule has 1 fully saturated rings. The standard InChI is InChI=1S/C13H19N3O3S/c1-8-7-20-11(15-8)4-5-14-13(19)16-10(6-12(17)18)9-2-3-9/h7,9-10H,2-6H2,1H3,(H,17,18)(H2,14,16,19). The predicted octanol–water partition coefficient (Wildman–Crippen LogP) is 1.55. The first kappa shape index (κ1) is 14.8. The molecule has 0 saturated heterocycles. The van der Waals surface area contributed by atoms with Gasteiger partial charge in [0.25, 0.3) is 0 Å². The zero-order valence-corrected chi connectivity index (χ0v) is 12.2. The van der Waals surface area contributed by atoms with Crippen molar-refractivity contribution in [1.29, 1.82) is 0 Å². The van der Waals surface area contributed by atoms with Gasteiger partial charge >= 0.3 is 12.0 Å². The first-order valence-electron chi connectivity index (χ1n) is 6.71. The molecule has 0 spiro atoms. The van der Waals surface area contributed by atoms with Gasteiger partial charge in [-0.3, -0.25) is 4.79 Å². The van der Waals surface area contributed by atoms with E-state index in [4.69, 9.17) is 5.11 Å². The second-order valence-electron chi connectivity index (χ2n) is 5.07. The molecule has 20 heavy (non-hydrogen) atoms. The minimum Gasteiger partial charge on any atom is -0.481 e. The molecule has 1 heterocycles. The van der Waals surface area contributed by atoms with Gasteiger partial charge in [0.05, 0.1) is 11.4 Å². The van der Waals surface area contributed by atoms with Crippen LogP contribution in [0.2, 0.25) is 0 Å². The molecule has 0 aliphatic heterocycles. The van der Waals surface area contributed by atoms with E-state index in [1.165, 1.54) is 0 Å². The molecule has 0 aromatic carbocycles. The molecule has 1 aromatic rings. The molecule has 2 amide bonds. The maximum Gasteiger partial charge on any atom is 0.315 e. The Morgan fingerprint density at radius 3 is 2.85 bits per heavy atom. The minimum absolute atomic E-state index is 0.0102. The number of rotatable bonds is 7.